The van der Waals surface area contributed by atoms with Crippen molar-refractivity contribution in [3.8, 4) is 5.69 Å². The van der Waals surface area contributed by atoms with Crippen LogP contribution in [0.2, 0.25) is 0 Å². The number of hydrogen-bond donors (Lipinski definition) is 2. The summed E-state index contributed by atoms with van der Waals surface area (Å²) in [6.45, 7) is 3.34. The highest BCUT2D eigenvalue weighted by atomic mass is 16.6. The van der Waals surface area contributed by atoms with Gasteiger partial charge >= 0.3 is 5.97 Å². The molecular formula is C15H16N4O5. The maximum atomic E-state index is 12.1. The van der Waals surface area contributed by atoms with Crippen molar-refractivity contribution in [2.75, 3.05) is 0 Å². The maximum Gasteiger partial charge on any atom is 0.326 e. The summed E-state index contributed by atoms with van der Waals surface area (Å²) in [6.07, 6.45) is 1.41. The number of rotatable bonds is 6. The first-order chi connectivity index (χ1) is 11.3. The van der Waals surface area contributed by atoms with Crippen LogP contribution in [0.1, 0.15) is 24.3 Å². The Kier molecular flexibility index (Phi) is 4.93. The zero-order valence-corrected chi connectivity index (χ0v) is 13.0. The van der Waals surface area contributed by atoms with Crippen molar-refractivity contribution in [1.29, 1.82) is 0 Å². The number of nitro groups is 1. The summed E-state index contributed by atoms with van der Waals surface area (Å²) in [5, 5.41) is 26.5. The fraction of sp³-hybridized carbons (Fsp3) is 0.267. The van der Waals surface area contributed by atoms with Gasteiger partial charge in [-0.15, -0.1) is 0 Å². The number of nitrogens with one attached hydrogen (secondary N) is 1. The first kappa shape index (κ1) is 17.1. The van der Waals surface area contributed by atoms with Crippen molar-refractivity contribution < 1.29 is 19.6 Å². The Morgan fingerprint density at radius 1 is 1.29 bits per heavy atom. The molecule has 0 aliphatic carbocycles. The van der Waals surface area contributed by atoms with Gasteiger partial charge in [0.25, 0.3) is 11.6 Å². The molecule has 0 bridgehead atoms. The highest BCUT2D eigenvalue weighted by molar-refractivity contribution is 5.95. The SMILES string of the molecule is CC(C)[C@@H](NC(=O)c1ccn(-c2ccccc2[N+](=O)[O-])n1)C(=O)O. The van der Waals surface area contributed by atoms with Crippen LogP contribution in [0.3, 0.4) is 0 Å². The van der Waals surface area contributed by atoms with E-state index in [1.165, 1.54) is 35.1 Å². The van der Waals surface area contributed by atoms with Crippen LogP contribution >= 0.6 is 0 Å². The average molecular weight is 332 g/mol. The van der Waals surface area contributed by atoms with E-state index in [0.717, 1.165) is 0 Å². The lowest BCUT2D eigenvalue weighted by molar-refractivity contribution is -0.384. The van der Waals surface area contributed by atoms with Gasteiger partial charge in [-0.1, -0.05) is 26.0 Å². The molecule has 0 fully saturated rings. The van der Waals surface area contributed by atoms with Crippen LogP contribution in [0.25, 0.3) is 5.69 Å². The predicted molar refractivity (Wildman–Crippen MR) is 83.9 cm³/mol. The second-order valence-electron chi connectivity index (χ2n) is 5.42. The molecule has 0 spiro atoms. The topological polar surface area (TPSA) is 127 Å². The van der Waals surface area contributed by atoms with Crippen LogP contribution in [0.15, 0.2) is 36.5 Å². The van der Waals surface area contributed by atoms with Gasteiger partial charge < -0.3 is 10.4 Å². The average Bonchev–Trinajstić information content (AvgIpc) is 3.01. The zero-order valence-electron chi connectivity index (χ0n) is 13.0. The highest BCUT2D eigenvalue weighted by Gasteiger charge is 2.25. The molecule has 1 aromatic heterocycles. The molecule has 2 N–H and O–H groups in total. The molecule has 0 radical (unpaired) electrons. The van der Waals surface area contributed by atoms with Gasteiger partial charge in [0.2, 0.25) is 0 Å². The molecule has 9 nitrogen and oxygen atoms in total. The molecule has 9 heteroatoms. The van der Waals surface area contributed by atoms with E-state index in [9.17, 15) is 19.7 Å². The van der Waals surface area contributed by atoms with E-state index in [1.54, 1.807) is 19.9 Å². The summed E-state index contributed by atoms with van der Waals surface area (Å²) >= 11 is 0. The van der Waals surface area contributed by atoms with Crippen molar-refractivity contribution in [3.05, 3.63) is 52.3 Å². The summed E-state index contributed by atoms with van der Waals surface area (Å²) in [7, 11) is 0. The van der Waals surface area contributed by atoms with Crippen LogP contribution < -0.4 is 5.32 Å². The molecule has 126 valence electrons. The van der Waals surface area contributed by atoms with E-state index >= 15 is 0 Å². The normalized spacial score (nSPS) is 12.0. The van der Waals surface area contributed by atoms with Gasteiger partial charge in [0.05, 0.1) is 4.92 Å². The quantitative estimate of drug-likeness (QED) is 0.611. The minimum Gasteiger partial charge on any atom is -0.480 e. The second-order valence-corrected chi connectivity index (χ2v) is 5.42. The number of hydrogen-bond acceptors (Lipinski definition) is 5. The lowest BCUT2D eigenvalue weighted by Gasteiger charge is -2.16. The Balaban J connectivity index is 2.27. The van der Waals surface area contributed by atoms with E-state index in [0.29, 0.717) is 0 Å². The molecule has 24 heavy (non-hydrogen) atoms. The van der Waals surface area contributed by atoms with Gasteiger partial charge in [-0.25, -0.2) is 9.48 Å². The number of nitro benzene ring substituents is 1. The summed E-state index contributed by atoms with van der Waals surface area (Å²) in [5.74, 6) is -2.10. The van der Waals surface area contributed by atoms with Crippen molar-refractivity contribution in [3.63, 3.8) is 0 Å². The minimum absolute atomic E-state index is 0.0277. The molecule has 1 aromatic carbocycles. The Hall–Kier alpha value is -3.23. The number of amides is 1. The fourth-order valence-electron chi connectivity index (χ4n) is 2.12. The van der Waals surface area contributed by atoms with Gasteiger partial charge in [0.1, 0.15) is 11.7 Å². The van der Waals surface area contributed by atoms with Gasteiger partial charge in [-0.3, -0.25) is 14.9 Å². The molecule has 1 amide bonds. The van der Waals surface area contributed by atoms with E-state index < -0.39 is 22.8 Å². The summed E-state index contributed by atoms with van der Waals surface area (Å²) in [4.78, 5) is 33.8. The van der Waals surface area contributed by atoms with Gasteiger partial charge in [-0.2, -0.15) is 5.10 Å². The van der Waals surface area contributed by atoms with E-state index in [2.05, 4.69) is 10.4 Å². The molecule has 0 unspecified atom stereocenters. The smallest absolute Gasteiger partial charge is 0.326 e. The third kappa shape index (κ3) is 3.57. The summed E-state index contributed by atoms with van der Waals surface area (Å²) in [5.41, 5.74) is 0.0263. The highest BCUT2D eigenvalue weighted by Crippen LogP contribution is 2.21. The number of carbonyl (C=O) groups excluding carboxylic acids is 1. The van der Waals surface area contributed by atoms with Crippen molar-refractivity contribution in [1.82, 2.24) is 15.1 Å². The molecule has 1 atom stereocenters. The van der Waals surface area contributed by atoms with Gasteiger partial charge in [-0.05, 0) is 18.1 Å². The van der Waals surface area contributed by atoms with Crippen LogP contribution in [-0.2, 0) is 4.79 Å². The monoisotopic (exact) mass is 332 g/mol. The van der Waals surface area contributed by atoms with E-state index in [-0.39, 0.29) is 23.0 Å². The molecule has 0 saturated carbocycles. The van der Waals surface area contributed by atoms with Gasteiger partial charge in [0.15, 0.2) is 5.69 Å². The Labute approximate surface area is 137 Å². The number of carbonyl (C=O) groups is 2. The Morgan fingerprint density at radius 2 is 1.96 bits per heavy atom. The van der Waals surface area contributed by atoms with E-state index in [1.807, 2.05) is 0 Å². The number of aromatic nitrogens is 2. The molecule has 0 aliphatic heterocycles. The standard InChI is InChI=1S/C15H16N4O5/c1-9(2)13(15(21)22)16-14(20)10-7-8-18(17-10)11-5-3-4-6-12(11)19(23)24/h3-9,13H,1-2H3,(H,16,20)(H,21,22)/t13-/m1/s1. The third-order valence-electron chi connectivity index (χ3n) is 3.37. The number of benzene rings is 1. The minimum atomic E-state index is -1.14. The third-order valence-corrected chi connectivity index (χ3v) is 3.37. The van der Waals surface area contributed by atoms with Crippen LogP contribution in [0.4, 0.5) is 5.69 Å². The number of carboxylic acid groups (broad SMARTS) is 1. The second kappa shape index (κ2) is 6.90. The molecule has 0 saturated heterocycles. The van der Waals surface area contributed by atoms with Crippen LogP contribution in [0, 0.1) is 16.0 Å². The predicted octanol–water partition coefficient (Wildman–Crippen LogP) is 1.62. The molecule has 2 aromatic rings. The van der Waals surface area contributed by atoms with Crippen LogP contribution in [-0.4, -0.2) is 37.7 Å². The Bertz CT molecular complexity index is 784. The van der Waals surface area contributed by atoms with Gasteiger partial charge in [0, 0.05) is 12.3 Å². The van der Waals surface area contributed by atoms with E-state index in [4.69, 9.17) is 5.11 Å². The number of carboxylic acids is 1. The van der Waals surface area contributed by atoms with Crippen molar-refractivity contribution in [2.24, 2.45) is 5.92 Å². The van der Waals surface area contributed by atoms with Crippen LogP contribution in [0.5, 0.6) is 0 Å². The fourth-order valence-corrected chi connectivity index (χ4v) is 2.12. The molecule has 0 aliphatic rings. The number of para-hydroxylation sites is 2. The summed E-state index contributed by atoms with van der Waals surface area (Å²) < 4.78 is 1.21. The molecule has 1 heterocycles. The first-order valence-electron chi connectivity index (χ1n) is 7.14. The molecule has 2 rings (SSSR count). The lowest BCUT2D eigenvalue weighted by Crippen LogP contribution is -2.44. The lowest BCUT2D eigenvalue weighted by atomic mass is 10.0. The van der Waals surface area contributed by atoms with Crippen molar-refractivity contribution >= 4 is 17.6 Å². The largest absolute Gasteiger partial charge is 0.480 e. The number of aliphatic carboxylic acids is 1. The molecular weight excluding hydrogens is 316 g/mol. The summed E-state index contributed by atoms with van der Waals surface area (Å²) in [6, 6.07) is 6.29. The first-order valence-corrected chi connectivity index (χ1v) is 7.14. The van der Waals surface area contributed by atoms with Crippen molar-refractivity contribution in [2.45, 2.75) is 19.9 Å². The maximum absolute atomic E-state index is 12.1. The number of nitrogens with zero attached hydrogens (tertiary/aromatic N) is 3. The zero-order chi connectivity index (χ0) is 17.9. The Morgan fingerprint density at radius 3 is 2.54 bits per heavy atom.